The van der Waals surface area contributed by atoms with Crippen molar-refractivity contribution in [2.45, 2.75) is 6.42 Å². The Morgan fingerprint density at radius 1 is 0.880 bits per heavy atom. The molecule has 4 aromatic rings. The molecule has 122 valence electrons. The van der Waals surface area contributed by atoms with Gasteiger partial charge in [-0.05, 0) is 17.0 Å². The zero-order chi connectivity index (χ0) is 17.4. The number of benzene rings is 3. The van der Waals surface area contributed by atoms with Crippen molar-refractivity contribution in [1.82, 2.24) is 0 Å². The Morgan fingerprint density at radius 3 is 2.24 bits per heavy atom. The van der Waals surface area contributed by atoms with Gasteiger partial charge in [0.15, 0.2) is 11.2 Å². The quantitative estimate of drug-likeness (QED) is 0.519. The van der Waals surface area contributed by atoms with Crippen molar-refractivity contribution >= 4 is 44.0 Å². The van der Waals surface area contributed by atoms with Crippen molar-refractivity contribution in [2.24, 2.45) is 0 Å². The summed E-state index contributed by atoms with van der Waals surface area (Å²) >= 11 is 1.49. The van der Waals surface area contributed by atoms with E-state index < -0.39 is 0 Å². The average Bonchev–Trinajstić information content (AvgIpc) is 2.95. The van der Waals surface area contributed by atoms with E-state index in [0.29, 0.717) is 10.8 Å². The summed E-state index contributed by atoms with van der Waals surface area (Å²) in [5.41, 5.74) is 0.702. The molecule has 0 aliphatic heterocycles. The molecular weight excluding hydrogens is 328 g/mol. The number of Topliss-reactive ketones (excluding diaryl/α,β-unsaturated/α-hetero) is 1. The lowest BCUT2D eigenvalue weighted by Crippen LogP contribution is -2.22. The Hall–Kier alpha value is -2.65. The maximum Gasteiger partial charge on any atom is 0.195 e. The maximum absolute atomic E-state index is 13.0. The summed E-state index contributed by atoms with van der Waals surface area (Å²) in [5, 5.41) is 4.44. The molecule has 0 saturated heterocycles. The molecule has 0 aliphatic rings. The summed E-state index contributed by atoms with van der Waals surface area (Å²) in [6.45, 7) is 0. The summed E-state index contributed by atoms with van der Waals surface area (Å²) < 4.78 is 0. The van der Waals surface area contributed by atoms with Crippen LogP contribution in [-0.2, 0) is 0 Å². The normalized spacial score (nSPS) is 12.7. The summed E-state index contributed by atoms with van der Waals surface area (Å²) in [4.78, 5) is 26.5. The molecular formula is C22H16O2S. The Balaban J connectivity index is 1.97. The minimum atomic E-state index is 0.0250. The molecule has 4 aromatic carbocycles. The van der Waals surface area contributed by atoms with Crippen LogP contribution in [0.15, 0.2) is 71.5 Å². The second kappa shape index (κ2) is 6.34. The largest absolute Gasteiger partial charge is 0.294 e. The van der Waals surface area contributed by atoms with Gasteiger partial charge >= 0.3 is 0 Å². The molecule has 2 nitrogen and oxygen atoms in total. The molecule has 0 amide bonds. The van der Waals surface area contributed by atoms with Gasteiger partial charge in [-0.2, -0.15) is 0 Å². The minimum absolute atomic E-state index is 0.0250. The lowest BCUT2D eigenvalue weighted by Gasteiger charge is -2.04. The van der Waals surface area contributed by atoms with Crippen LogP contribution >= 0.6 is 11.8 Å². The van der Waals surface area contributed by atoms with E-state index in [1.165, 1.54) is 11.8 Å². The fourth-order valence-corrected chi connectivity index (χ4v) is 4.09. The van der Waals surface area contributed by atoms with Crippen LogP contribution in [0.5, 0.6) is 0 Å². The lowest BCUT2D eigenvalue weighted by molar-refractivity contribution is 0.0999. The van der Waals surface area contributed by atoms with Gasteiger partial charge in [0.05, 0.1) is 0 Å². The molecule has 0 N–H and O–H groups in total. The molecule has 0 bridgehead atoms. The summed E-state index contributed by atoms with van der Waals surface area (Å²) in [7, 11) is 0. The number of rotatable bonds is 4. The highest BCUT2D eigenvalue weighted by Crippen LogP contribution is 2.26. The maximum atomic E-state index is 13.0. The highest BCUT2D eigenvalue weighted by Gasteiger charge is 2.16. The van der Waals surface area contributed by atoms with Gasteiger partial charge in [-0.25, -0.2) is 0 Å². The molecule has 25 heavy (non-hydrogen) atoms. The molecule has 4 rings (SSSR count). The first-order chi connectivity index (χ1) is 12.2. The standard InChI is InChI=1S/C22H16O2S/c1-25-19(13-18(23)14-7-3-2-4-8-14)21-16-11-5-9-15-10-6-12-17(20(15)16)22(21)24/h2-12H,13H2,1H3/b21-19+. The van der Waals surface area contributed by atoms with Crippen LogP contribution < -0.4 is 10.6 Å². The van der Waals surface area contributed by atoms with Crippen LogP contribution in [0.1, 0.15) is 16.8 Å². The van der Waals surface area contributed by atoms with E-state index in [0.717, 1.165) is 26.5 Å². The Morgan fingerprint density at radius 2 is 1.56 bits per heavy atom. The molecule has 0 fully saturated rings. The molecule has 0 spiro atoms. The zero-order valence-corrected chi connectivity index (χ0v) is 14.6. The molecule has 0 aromatic heterocycles. The van der Waals surface area contributed by atoms with Crippen molar-refractivity contribution in [1.29, 1.82) is 0 Å². The van der Waals surface area contributed by atoms with E-state index in [4.69, 9.17) is 0 Å². The third-order valence-corrected chi connectivity index (χ3v) is 5.43. The van der Waals surface area contributed by atoms with Crippen molar-refractivity contribution in [3.8, 4) is 0 Å². The first kappa shape index (κ1) is 15.9. The topological polar surface area (TPSA) is 34.1 Å². The van der Waals surface area contributed by atoms with E-state index in [-0.39, 0.29) is 17.6 Å². The smallest absolute Gasteiger partial charge is 0.195 e. The Kier molecular flexibility index (Phi) is 4.02. The van der Waals surface area contributed by atoms with E-state index in [1.54, 1.807) is 0 Å². The first-order valence-corrected chi connectivity index (χ1v) is 9.35. The van der Waals surface area contributed by atoms with Crippen LogP contribution in [0.25, 0.3) is 26.5 Å². The molecule has 0 radical (unpaired) electrons. The number of ketones is 1. The highest BCUT2D eigenvalue weighted by atomic mass is 32.2. The predicted molar refractivity (Wildman–Crippen MR) is 106 cm³/mol. The van der Waals surface area contributed by atoms with Crippen molar-refractivity contribution in [3.63, 3.8) is 0 Å². The molecule has 0 heterocycles. The molecule has 3 heteroatoms. The fraction of sp³-hybridized carbons (Fsp3) is 0.0909. The van der Waals surface area contributed by atoms with Gasteiger partial charge in [-0.1, -0.05) is 66.7 Å². The summed E-state index contributed by atoms with van der Waals surface area (Å²) in [5.74, 6) is 0.0355. The average molecular weight is 344 g/mol. The first-order valence-electron chi connectivity index (χ1n) is 8.13. The summed E-state index contributed by atoms with van der Waals surface area (Å²) in [6.07, 6.45) is 2.17. The van der Waals surface area contributed by atoms with Crippen LogP contribution in [0.3, 0.4) is 0 Å². The number of hydrogen-bond acceptors (Lipinski definition) is 3. The lowest BCUT2D eigenvalue weighted by atomic mass is 10.1. The van der Waals surface area contributed by atoms with Gasteiger partial charge in [0.1, 0.15) is 0 Å². The van der Waals surface area contributed by atoms with Gasteiger partial charge in [-0.15, -0.1) is 11.8 Å². The third-order valence-electron chi connectivity index (χ3n) is 4.59. The third kappa shape index (κ3) is 2.61. The van der Waals surface area contributed by atoms with Gasteiger partial charge in [0.25, 0.3) is 0 Å². The number of thioether (sulfide) groups is 1. The zero-order valence-electron chi connectivity index (χ0n) is 13.8. The van der Waals surface area contributed by atoms with Gasteiger partial charge < -0.3 is 0 Å². The van der Waals surface area contributed by atoms with Crippen molar-refractivity contribution in [2.75, 3.05) is 6.26 Å². The monoisotopic (exact) mass is 344 g/mol. The van der Waals surface area contributed by atoms with Crippen molar-refractivity contribution < 1.29 is 4.79 Å². The second-order valence-corrected chi connectivity index (χ2v) is 6.91. The number of hydrogen-bond donors (Lipinski definition) is 0. The van der Waals surface area contributed by atoms with E-state index >= 15 is 0 Å². The Bertz CT molecular complexity index is 1170. The SMILES string of the molecule is CS/C(CC(=O)c1ccccc1)=c1/c(=O)c2cccc3cccc1c32. The highest BCUT2D eigenvalue weighted by molar-refractivity contribution is 8.07. The van der Waals surface area contributed by atoms with Crippen LogP contribution in [0.2, 0.25) is 0 Å². The van der Waals surface area contributed by atoms with Gasteiger partial charge in [0, 0.05) is 32.9 Å². The van der Waals surface area contributed by atoms with E-state index in [1.807, 2.05) is 73.0 Å². The fourth-order valence-electron chi connectivity index (χ4n) is 3.41. The molecule has 0 unspecified atom stereocenters. The van der Waals surface area contributed by atoms with Crippen LogP contribution in [0, 0.1) is 0 Å². The minimum Gasteiger partial charge on any atom is -0.294 e. The van der Waals surface area contributed by atoms with E-state index in [2.05, 4.69) is 0 Å². The summed E-state index contributed by atoms with van der Waals surface area (Å²) in [6, 6.07) is 21.0. The molecule has 0 aliphatic carbocycles. The van der Waals surface area contributed by atoms with Crippen LogP contribution in [-0.4, -0.2) is 12.0 Å². The van der Waals surface area contributed by atoms with Crippen LogP contribution in [0.4, 0.5) is 0 Å². The molecule has 0 saturated carbocycles. The Labute approximate surface area is 149 Å². The van der Waals surface area contributed by atoms with E-state index in [9.17, 15) is 9.59 Å². The number of carbonyl (C=O) groups excluding carboxylic acids is 1. The van der Waals surface area contributed by atoms with Gasteiger partial charge in [0.2, 0.25) is 0 Å². The number of carbonyl (C=O) groups is 1. The van der Waals surface area contributed by atoms with Crippen molar-refractivity contribution in [3.05, 3.63) is 87.7 Å². The van der Waals surface area contributed by atoms with Gasteiger partial charge in [-0.3, -0.25) is 9.59 Å². The second-order valence-electron chi connectivity index (χ2n) is 6.01. The molecule has 0 atom stereocenters. The predicted octanol–water partition coefficient (Wildman–Crippen LogP) is 4.25.